The maximum atomic E-state index is 14.0. The molecule has 1 N–H and O–H groups in total. The van der Waals surface area contributed by atoms with Crippen LogP contribution in [-0.4, -0.2) is 16.7 Å². The Bertz CT molecular complexity index is 978. The third-order valence-electron chi connectivity index (χ3n) is 5.17. The Hall–Kier alpha value is -2.46. The number of carbonyl (C=O) groups is 2. The van der Waals surface area contributed by atoms with Crippen LogP contribution < -0.4 is 0 Å². The minimum absolute atomic E-state index is 0.0717. The lowest BCUT2D eigenvalue weighted by molar-refractivity contribution is -0.143. The van der Waals surface area contributed by atoms with Gasteiger partial charge in [-0.2, -0.15) is 0 Å². The van der Waals surface area contributed by atoms with Crippen molar-refractivity contribution in [1.29, 1.82) is 0 Å². The second-order valence-corrected chi connectivity index (χ2v) is 8.56. The van der Waals surface area contributed by atoms with E-state index in [1.54, 1.807) is 52.8 Å². The first-order valence-corrected chi connectivity index (χ1v) is 9.16. The van der Waals surface area contributed by atoms with Crippen LogP contribution in [0.2, 0.25) is 0 Å². The Balaban J connectivity index is 2.83. The van der Waals surface area contributed by atoms with Gasteiger partial charge < -0.3 is 5.11 Å². The van der Waals surface area contributed by atoms with Crippen LogP contribution in [-0.2, 0) is 9.59 Å². The molecule has 0 saturated heterocycles. The SMILES string of the molecule is C=C(Cl)/C=C(\C(=C)F)c1ccc(C)c(C2=C(O)C(C)(C)C(=O)C(C)(C)C2=O)c1. The minimum Gasteiger partial charge on any atom is -0.510 e. The van der Waals surface area contributed by atoms with Gasteiger partial charge >= 0.3 is 0 Å². The Kier molecular flexibility index (Phi) is 5.59. The summed E-state index contributed by atoms with van der Waals surface area (Å²) in [5, 5.41) is 11.0. The van der Waals surface area contributed by atoms with Crippen LogP contribution >= 0.6 is 11.6 Å². The summed E-state index contributed by atoms with van der Waals surface area (Å²) in [5.41, 5.74) is -0.756. The van der Waals surface area contributed by atoms with E-state index in [9.17, 15) is 19.1 Å². The van der Waals surface area contributed by atoms with Gasteiger partial charge in [0.2, 0.25) is 0 Å². The van der Waals surface area contributed by atoms with E-state index in [-0.39, 0.29) is 27.7 Å². The Morgan fingerprint density at radius 3 is 2.21 bits per heavy atom. The van der Waals surface area contributed by atoms with Gasteiger partial charge in [0.15, 0.2) is 11.6 Å². The first-order chi connectivity index (χ1) is 12.7. The molecule has 0 unspecified atom stereocenters. The third-order valence-corrected chi connectivity index (χ3v) is 5.28. The van der Waals surface area contributed by atoms with Crippen molar-refractivity contribution in [3.63, 3.8) is 0 Å². The van der Waals surface area contributed by atoms with E-state index in [0.717, 1.165) is 0 Å². The van der Waals surface area contributed by atoms with E-state index in [1.807, 2.05) is 0 Å². The van der Waals surface area contributed by atoms with Gasteiger partial charge in [-0.15, -0.1) is 0 Å². The summed E-state index contributed by atoms with van der Waals surface area (Å²) in [5.74, 6) is -1.81. The molecule has 0 heterocycles. The minimum atomic E-state index is -1.29. The van der Waals surface area contributed by atoms with Crippen molar-refractivity contribution in [3.8, 4) is 0 Å². The van der Waals surface area contributed by atoms with Crippen LogP contribution in [0, 0.1) is 17.8 Å². The van der Waals surface area contributed by atoms with E-state index in [4.69, 9.17) is 11.6 Å². The van der Waals surface area contributed by atoms with Crippen molar-refractivity contribution in [1.82, 2.24) is 0 Å². The molecule has 148 valence electrons. The van der Waals surface area contributed by atoms with Crippen molar-refractivity contribution in [3.05, 3.63) is 70.7 Å². The molecule has 0 aromatic heterocycles. The maximum absolute atomic E-state index is 14.0. The highest BCUT2D eigenvalue weighted by Gasteiger charge is 2.53. The number of hydrogen-bond donors (Lipinski definition) is 1. The quantitative estimate of drug-likeness (QED) is 0.490. The summed E-state index contributed by atoms with van der Waals surface area (Å²) in [7, 11) is 0. The number of benzene rings is 1. The van der Waals surface area contributed by atoms with Crippen molar-refractivity contribution >= 4 is 34.3 Å². The summed E-state index contributed by atoms with van der Waals surface area (Å²) in [6.45, 7) is 14.9. The van der Waals surface area contributed by atoms with Gasteiger partial charge in [-0.3, -0.25) is 9.59 Å². The van der Waals surface area contributed by atoms with Crippen LogP contribution in [0.1, 0.15) is 44.4 Å². The van der Waals surface area contributed by atoms with Gasteiger partial charge in [-0.05, 0) is 63.5 Å². The number of hydrogen-bond acceptors (Lipinski definition) is 3. The lowest BCUT2D eigenvalue weighted by atomic mass is 9.62. The van der Waals surface area contributed by atoms with Crippen molar-refractivity contribution in [2.75, 3.05) is 0 Å². The molecule has 0 saturated carbocycles. The number of allylic oxidation sites excluding steroid dienone is 6. The zero-order chi connectivity index (χ0) is 21.6. The fourth-order valence-electron chi connectivity index (χ4n) is 3.51. The molecule has 0 aliphatic heterocycles. The molecule has 1 aromatic carbocycles. The topological polar surface area (TPSA) is 54.4 Å². The van der Waals surface area contributed by atoms with E-state index in [1.165, 1.54) is 6.08 Å². The molecule has 0 fully saturated rings. The summed E-state index contributed by atoms with van der Waals surface area (Å²) in [6.07, 6.45) is 1.34. The van der Waals surface area contributed by atoms with Gasteiger partial charge in [-0.1, -0.05) is 36.9 Å². The number of carbonyl (C=O) groups excluding carboxylic acids is 2. The predicted molar refractivity (Wildman–Crippen MR) is 112 cm³/mol. The number of aryl methyl sites for hydroxylation is 1. The predicted octanol–water partition coefficient (Wildman–Crippen LogP) is 6.09. The van der Waals surface area contributed by atoms with Gasteiger partial charge in [0.05, 0.1) is 16.4 Å². The first-order valence-electron chi connectivity index (χ1n) is 8.78. The van der Waals surface area contributed by atoms with Crippen LogP contribution in [0.25, 0.3) is 11.1 Å². The lowest BCUT2D eigenvalue weighted by Crippen LogP contribution is -2.48. The number of rotatable bonds is 4. The molecule has 28 heavy (non-hydrogen) atoms. The average Bonchev–Trinajstić information content (AvgIpc) is 2.59. The highest BCUT2D eigenvalue weighted by atomic mass is 35.5. The number of halogens is 2. The molecule has 0 spiro atoms. The molecule has 0 bridgehead atoms. The Morgan fingerprint density at radius 1 is 1.14 bits per heavy atom. The lowest BCUT2D eigenvalue weighted by Gasteiger charge is -2.38. The van der Waals surface area contributed by atoms with Crippen LogP contribution in [0.5, 0.6) is 0 Å². The number of Topliss-reactive ketones (excluding diaryl/α,β-unsaturated/α-hetero) is 2. The van der Waals surface area contributed by atoms with E-state index in [2.05, 4.69) is 13.2 Å². The normalized spacial score (nSPS) is 19.0. The van der Waals surface area contributed by atoms with E-state index < -0.39 is 22.4 Å². The van der Waals surface area contributed by atoms with Crippen molar-refractivity contribution in [2.45, 2.75) is 34.6 Å². The molecule has 3 nitrogen and oxygen atoms in total. The van der Waals surface area contributed by atoms with Crippen LogP contribution in [0.15, 0.2) is 54.1 Å². The summed E-state index contributed by atoms with van der Waals surface area (Å²) in [4.78, 5) is 25.8. The standard InChI is InChI=1S/C23H24ClFO3/c1-12-8-9-15(17(14(3)25)10-13(2)24)11-16(12)18-19(26)22(4,5)21(28)23(6,7)20(18)27/h8-11,26H,2-3H2,1,4-7H3/b17-10+. The first kappa shape index (κ1) is 21.8. The maximum Gasteiger partial charge on any atom is 0.179 e. The van der Waals surface area contributed by atoms with E-state index >= 15 is 0 Å². The fraction of sp³-hybridized carbons (Fsp3) is 0.304. The third kappa shape index (κ3) is 3.49. The van der Waals surface area contributed by atoms with Crippen LogP contribution in [0.4, 0.5) is 4.39 Å². The monoisotopic (exact) mass is 402 g/mol. The molecular weight excluding hydrogens is 379 g/mol. The number of ketones is 2. The van der Waals surface area contributed by atoms with E-state index in [0.29, 0.717) is 16.7 Å². The van der Waals surface area contributed by atoms with Gasteiger partial charge in [0.25, 0.3) is 0 Å². The van der Waals surface area contributed by atoms with Gasteiger partial charge in [0.1, 0.15) is 11.6 Å². The van der Waals surface area contributed by atoms with Gasteiger partial charge in [-0.25, -0.2) is 4.39 Å². The zero-order valence-corrected chi connectivity index (χ0v) is 17.5. The molecule has 0 radical (unpaired) electrons. The molecule has 1 aliphatic rings. The second-order valence-electron chi connectivity index (χ2n) is 8.07. The summed E-state index contributed by atoms with van der Waals surface area (Å²) in [6, 6.07) is 4.97. The van der Waals surface area contributed by atoms with Crippen LogP contribution in [0.3, 0.4) is 0 Å². The molecule has 1 aromatic rings. The molecule has 5 heteroatoms. The number of aliphatic hydroxyl groups excluding tert-OH is 1. The molecule has 0 amide bonds. The smallest absolute Gasteiger partial charge is 0.179 e. The molecule has 0 atom stereocenters. The molecule has 1 aliphatic carbocycles. The summed E-state index contributed by atoms with van der Waals surface area (Å²) >= 11 is 5.80. The fourth-order valence-corrected chi connectivity index (χ4v) is 3.62. The zero-order valence-electron chi connectivity index (χ0n) is 16.7. The number of aliphatic hydroxyl groups is 1. The molecular formula is C23H24ClFO3. The Morgan fingerprint density at radius 2 is 1.71 bits per heavy atom. The van der Waals surface area contributed by atoms with Crippen molar-refractivity contribution in [2.24, 2.45) is 10.8 Å². The summed E-state index contributed by atoms with van der Waals surface area (Å²) < 4.78 is 14.0. The highest BCUT2D eigenvalue weighted by molar-refractivity contribution is 6.34. The van der Waals surface area contributed by atoms with Crippen molar-refractivity contribution < 1.29 is 19.1 Å². The highest BCUT2D eigenvalue weighted by Crippen LogP contribution is 2.47. The van der Waals surface area contributed by atoms with Gasteiger partial charge in [0, 0.05) is 10.6 Å². The second kappa shape index (κ2) is 7.17. The average molecular weight is 403 g/mol. The Labute approximate surface area is 169 Å². The molecule has 2 rings (SSSR count). The largest absolute Gasteiger partial charge is 0.510 e.